The number of nitrogens with zero attached hydrogens (tertiary/aromatic N) is 2. The number of aryl methyl sites for hydroxylation is 1. The number of carbonyl (C=O) groups is 1. The fourth-order valence-electron chi connectivity index (χ4n) is 2.51. The lowest BCUT2D eigenvalue weighted by Gasteiger charge is -2.28. The number of carbonyl (C=O) groups excluding carboxylic acids is 1. The van der Waals surface area contributed by atoms with Crippen LogP contribution in [0.5, 0.6) is 0 Å². The summed E-state index contributed by atoms with van der Waals surface area (Å²) in [6, 6.07) is 2.08. The van der Waals surface area contributed by atoms with Gasteiger partial charge in [-0.15, -0.1) is 0 Å². The number of halogens is 1. The van der Waals surface area contributed by atoms with E-state index in [1.54, 1.807) is 11.1 Å². The van der Waals surface area contributed by atoms with Gasteiger partial charge in [0.15, 0.2) is 0 Å². The number of aromatic nitrogens is 1. The molecule has 1 saturated heterocycles. The lowest BCUT2D eigenvalue weighted by Crippen LogP contribution is -2.40. The molecule has 1 fully saturated rings. The molecule has 122 valence electrons. The Labute approximate surface area is 140 Å². The summed E-state index contributed by atoms with van der Waals surface area (Å²) < 4.78 is 6.46. The van der Waals surface area contributed by atoms with Crippen molar-refractivity contribution in [2.24, 2.45) is 0 Å². The monoisotopic (exact) mass is 369 g/mol. The second-order valence-electron chi connectivity index (χ2n) is 6.64. The number of amides is 1. The van der Waals surface area contributed by atoms with Gasteiger partial charge in [0.2, 0.25) is 0 Å². The van der Waals surface area contributed by atoms with Crippen molar-refractivity contribution < 1.29 is 9.53 Å². The molecule has 0 radical (unpaired) electrons. The molecule has 0 saturated carbocycles. The normalized spacial score (nSPS) is 19.7. The van der Waals surface area contributed by atoms with Crippen LogP contribution in [-0.2, 0) is 4.74 Å². The quantitative estimate of drug-likeness (QED) is 0.823. The van der Waals surface area contributed by atoms with Crippen molar-refractivity contribution >= 4 is 22.0 Å². The van der Waals surface area contributed by atoms with Crippen molar-refractivity contribution in [1.82, 2.24) is 15.2 Å². The topological polar surface area (TPSA) is 54.5 Å². The van der Waals surface area contributed by atoms with Gasteiger partial charge >= 0.3 is 6.09 Å². The summed E-state index contributed by atoms with van der Waals surface area (Å²) in [5.41, 5.74) is 1.62. The third-order valence-corrected chi connectivity index (χ3v) is 3.90. The van der Waals surface area contributed by atoms with Gasteiger partial charge in [-0.25, -0.2) is 4.79 Å². The summed E-state index contributed by atoms with van der Waals surface area (Å²) in [7, 11) is 0. The van der Waals surface area contributed by atoms with Crippen LogP contribution in [-0.4, -0.2) is 41.2 Å². The lowest BCUT2D eigenvalue weighted by molar-refractivity contribution is 0.0246. The molecule has 1 amide bonds. The van der Waals surface area contributed by atoms with Crippen molar-refractivity contribution in [3.63, 3.8) is 0 Å². The molecule has 2 heterocycles. The minimum Gasteiger partial charge on any atom is -0.444 e. The second kappa shape index (κ2) is 6.96. The molecule has 2 rings (SSSR count). The molecule has 1 aromatic rings. The van der Waals surface area contributed by atoms with Crippen LogP contribution in [0.3, 0.4) is 0 Å². The average Bonchev–Trinajstić information content (AvgIpc) is 2.62. The summed E-state index contributed by atoms with van der Waals surface area (Å²) in [5.74, 6) is 0. The van der Waals surface area contributed by atoms with E-state index in [0.717, 1.165) is 28.7 Å². The number of hydrogen-bond donors (Lipinski definition) is 1. The molecular formula is C16H24BrN3O2. The lowest BCUT2D eigenvalue weighted by atomic mass is 10.1. The number of ether oxygens (including phenoxy) is 1. The Morgan fingerprint density at radius 2 is 2.23 bits per heavy atom. The van der Waals surface area contributed by atoms with Crippen molar-refractivity contribution in [1.29, 1.82) is 0 Å². The zero-order chi connectivity index (χ0) is 16.3. The highest BCUT2D eigenvalue weighted by atomic mass is 79.9. The molecule has 0 bridgehead atoms. The van der Waals surface area contributed by atoms with Crippen molar-refractivity contribution in [3.8, 4) is 0 Å². The average molecular weight is 370 g/mol. The number of rotatable bonds is 1. The van der Waals surface area contributed by atoms with Gasteiger partial charge in [-0.1, -0.05) is 0 Å². The molecule has 0 aromatic carbocycles. The Bertz CT molecular complexity index is 543. The number of hydrogen-bond acceptors (Lipinski definition) is 4. The number of pyridine rings is 1. The van der Waals surface area contributed by atoms with Crippen LogP contribution in [0.4, 0.5) is 4.79 Å². The highest BCUT2D eigenvalue weighted by Crippen LogP contribution is 2.22. The summed E-state index contributed by atoms with van der Waals surface area (Å²) >= 11 is 3.44. The molecule has 0 spiro atoms. The van der Waals surface area contributed by atoms with Crippen LogP contribution in [0, 0.1) is 6.92 Å². The maximum absolute atomic E-state index is 12.3. The van der Waals surface area contributed by atoms with Gasteiger partial charge in [-0.3, -0.25) is 4.98 Å². The first-order valence-corrected chi connectivity index (χ1v) is 8.39. The first kappa shape index (κ1) is 17.2. The largest absolute Gasteiger partial charge is 0.444 e. The molecule has 1 aliphatic heterocycles. The molecule has 1 N–H and O–H groups in total. The smallest absolute Gasteiger partial charge is 0.410 e. The minimum atomic E-state index is -0.474. The Balaban J connectivity index is 2.14. The van der Waals surface area contributed by atoms with E-state index in [4.69, 9.17) is 4.74 Å². The van der Waals surface area contributed by atoms with Gasteiger partial charge < -0.3 is 15.0 Å². The zero-order valence-corrected chi connectivity index (χ0v) is 15.2. The molecule has 1 aromatic heterocycles. The van der Waals surface area contributed by atoms with Crippen molar-refractivity contribution in [2.45, 2.75) is 45.8 Å². The Hall–Kier alpha value is -1.14. The predicted octanol–water partition coefficient (Wildman–Crippen LogP) is 3.42. The van der Waals surface area contributed by atoms with Gasteiger partial charge in [0.25, 0.3) is 0 Å². The van der Waals surface area contributed by atoms with Crippen LogP contribution in [0.2, 0.25) is 0 Å². The van der Waals surface area contributed by atoms with Gasteiger partial charge in [0, 0.05) is 23.8 Å². The van der Waals surface area contributed by atoms with E-state index in [1.807, 2.05) is 33.8 Å². The van der Waals surface area contributed by atoms with E-state index in [1.165, 1.54) is 0 Å². The maximum Gasteiger partial charge on any atom is 0.410 e. The van der Waals surface area contributed by atoms with Crippen LogP contribution in [0.25, 0.3) is 0 Å². The van der Waals surface area contributed by atoms with E-state index in [0.29, 0.717) is 13.1 Å². The SMILES string of the molecule is Cc1cc(Br)cnc1C1CN(C(=O)OC(C)(C)C)CCCN1. The van der Waals surface area contributed by atoms with Gasteiger partial charge in [0.05, 0.1) is 11.7 Å². The van der Waals surface area contributed by atoms with Crippen LogP contribution in [0.1, 0.15) is 44.5 Å². The standard InChI is InChI=1S/C16H24BrN3O2/c1-11-8-12(17)9-19-14(11)13-10-20(7-5-6-18-13)15(21)22-16(2,3)4/h8-9,13,18H,5-7,10H2,1-4H3. The molecule has 0 aliphatic carbocycles. The van der Waals surface area contributed by atoms with E-state index >= 15 is 0 Å². The summed E-state index contributed by atoms with van der Waals surface area (Å²) in [5, 5.41) is 3.48. The van der Waals surface area contributed by atoms with E-state index in [2.05, 4.69) is 26.2 Å². The Morgan fingerprint density at radius 3 is 2.86 bits per heavy atom. The van der Waals surface area contributed by atoms with Gasteiger partial charge in [-0.05, 0) is 68.2 Å². The van der Waals surface area contributed by atoms with E-state index in [-0.39, 0.29) is 12.1 Å². The van der Waals surface area contributed by atoms with Crippen LogP contribution in [0.15, 0.2) is 16.7 Å². The van der Waals surface area contributed by atoms with Crippen molar-refractivity contribution in [3.05, 3.63) is 28.0 Å². The summed E-state index contributed by atoms with van der Waals surface area (Å²) in [6.45, 7) is 9.84. The minimum absolute atomic E-state index is 0.0307. The first-order valence-electron chi connectivity index (χ1n) is 7.59. The molecule has 6 heteroatoms. The second-order valence-corrected chi connectivity index (χ2v) is 7.56. The first-order chi connectivity index (χ1) is 10.3. The van der Waals surface area contributed by atoms with Crippen LogP contribution < -0.4 is 5.32 Å². The molecule has 1 unspecified atom stereocenters. The molecule has 22 heavy (non-hydrogen) atoms. The highest BCUT2D eigenvalue weighted by Gasteiger charge is 2.28. The maximum atomic E-state index is 12.3. The predicted molar refractivity (Wildman–Crippen MR) is 89.8 cm³/mol. The van der Waals surface area contributed by atoms with E-state index < -0.39 is 5.60 Å². The molecule has 5 nitrogen and oxygen atoms in total. The summed E-state index contributed by atoms with van der Waals surface area (Å²) in [6.07, 6.45) is 2.45. The highest BCUT2D eigenvalue weighted by molar-refractivity contribution is 9.10. The number of nitrogens with one attached hydrogen (secondary N) is 1. The molecule has 1 atom stereocenters. The van der Waals surface area contributed by atoms with Gasteiger partial charge in [-0.2, -0.15) is 0 Å². The third-order valence-electron chi connectivity index (χ3n) is 3.47. The Kier molecular flexibility index (Phi) is 5.45. The fourth-order valence-corrected chi connectivity index (χ4v) is 2.96. The fraction of sp³-hybridized carbons (Fsp3) is 0.625. The van der Waals surface area contributed by atoms with Crippen LogP contribution >= 0.6 is 15.9 Å². The van der Waals surface area contributed by atoms with Crippen molar-refractivity contribution in [2.75, 3.05) is 19.6 Å². The van der Waals surface area contributed by atoms with E-state index in [9.17, 15) is 4.79 Å². The third kappa shape index (κ3) is 4.68. The van der Waals surface area contributed by atoms with Gasteiger partial charge in [0.1, 0.15) is 5.60 Å². The molecule has 1 aliphatic rings. The zero-order valence-electron chi connectivity index (χ0n) is 13.6. The molecular weight excluding hydrogens is 346 g/mol. The Morgan fingerprint density at radius 1 is 1.50 bits per heavy atom. The summed E-state index contributed by atoms with van der Waals surface area (Å²) in [4.78, 5) is 18.6.